The third-order valence-corrected chi connectivity index (χ3v) is 2.79. The Bertz CT molecular complexity index is 142. The van der Waals surface area contributed by atoms with Crippen LogP contribution in [0.2, 0.25) is 0 Å². The fourth-order valence-corrected chi connectivity index (χ4v) is 1.94. The molecule has 0 bridgehead atoms. The molecule has 1 spiro atoms. The van der Waals surface area contributed by atoms with Crippen LogP contribution in [-0.2, 0) is 9.47 Å². The van der Waals surface area contributed by atoms with Crippen LogP contribution in [0.5, 0.6) is 0 Å². The molecule has 1 saturated heterocycles. The van der Waals surface area contributed by atoms with Crippen molar-refractivity contribution in [3.8, 4) is 0 Å². The van der Waals surface area contributed by atoms with E-state index in [4.69, 9.17) is 14.6 Å². The lowest BCUT2D eigenvalue weighted by molar-refractivity contribution is -0.281. The standard InChI is InChI=1S/C9H16O3/c10-5-8-6-11-9(12-7-8)3-1-2-4-9/h8,10H,1-7H2. The lowest BCUT2D eigenvalue weighted by Crippen LogP contribution is -2.42. The van der Waals surface area contributed by atoms with Crippen LogP contribution in [0, 0.1) is 5.92 Å². The zero-order valence-corrected chi connectivity index (χ0v) is 7.29. The first-order valence-electron chi connectivity index (χ1n) is 4.73. The van der Waals surface area contributed by atoms with Crippen molar-refractivity contribution in [3.63, 3.8) is 0 Å². The zero-order chi connectivity index (χ0) is 8.44. The van der Waals surface area contributed by atoms with Gasteiger partial charge >= 0.3 is 0 Å². The topological polar surface area (TPSA) is 38.7 Å². The van der Waals surface area contributed by atoms with Gasteiger partial charge in [0.05, 0.1) is 19.8 Å². The van der Waals surface area contributed by atoms with Gasteiger partial charge in [0, 0.05) is 18.8 Å². The highest BCUT2D eigenvalue weighted by Gasteiger charge is 2.39. The van der Waals surface area contributed by atoms with Crippen molar-refractivity contribution >= 4 is 0 Å². The summed E-state index contributed by atoms with van der Waals surface area (Å²) in [5, 5.41) is 8.86. The molecule has 1 aliphatic heterocycles. The SMILES string of the molecule is OCC1COC2(CCCC2)OC1. The van der Waals surface area contributed by atoms with Gasteiger partial charge in [0.25, 0.3) is 0 Å². The van der Waals surface area contributed by atoms with Gasteiger partial charge in [0.15, 0.2) is 5.79 Å². The number of aliphatic hydroxyl groups is 1. The van der Waals surface area contributed by atoms with E-state index in [1.54, 1.807) is 0 Å². The molecule has 0 aromatic heterocycles. The van der Waals surface area contributed by atoms with Crippen LogP contribution >= 0.6 is 0 Å². The molecule has 2 rings (SSSR count). The summed E-state index contributed by atoms with van der Waals surface area (Å²) in [5.41, 5.74) is 0. The lowest BCUT2D eigenvalue weighted by Gasteiger charge is -2.36. The molecule has 0 amide bonds. The molecular weight excluding hydrogens is 156 g/mol. The maximum Gasteiger partial charge on any atom is 0.168 e. The second-order valence-corrected chi connectivity index (χ2v) is 3.79. The number of hydrogen-bond donors (Lipinski definition) is 1. The fraction of sp³-hybridized carbons (Fsp3) is 1.00. The van der Waals surface area contributed by atoms with Gasteiger partial charge in [0.1, 0.15) is 0 Å². The molecule has 1 N–H and O–H groups in total. The van der Waals surface area contributed by atoms with Gasteiger partial charge in [-0.25, -0.2) is 0 Å². The van der Waals surface area contributed by atoms with E-state index in [0.717, 1.165) is 12.8 Å². The molecule has 1 saturated carbocycles. The summed E-state index contributed by atoms with van der Waals surface area (Å²) in [6, 6.07) is 0. The number of ether oxygens (including phenoxy) is 2. The molecule has 3 nitrogen and oxygen atoms in total. The average molecular weight is 172 g/mol. The van der Waals surface area contributed by atoms with Gasteiger partial charge in [-0.15, -0.1) is 0 Å². The molecule has 0 aromatic rings. The molecular formula is C9H16O3. The Morgan fingerprint density at radius 1 is 1.17 bits per heavy atom. The molecule has 1 aliphatic carbocycles. The van der Waals surface area contributed by atoms with Crippen LogP contribution in [0.1, 0.15) is 25.7 Å². The molecule has 2 fully saturated rings. The predicted octanol–water partition coefficient (Wildman–Crippen LogP) is 0.912. The Labute approximate surface area is 72.7 Å². The normalized spacial score (nSPS) is 29.8. The number of hydrogen-bond acceptors (Lipinski definition) is 3. The molecule has 0 aromatic carbocycles. The maximum absolute atomic E-state index is 8.86. The van der Waals surface area contributed by atoms with E-state index in [2.05, 4.69) is 0 Å². The van der Waals surface area contributed by atoms with E-state index in [-0.39, 0.29) is 18.3 Å². The van der Waals surface area contributed by atoms with E-state index in [9.17, 15) is 0 Å². The Hall–Kier alpha value is -0.120. The number of rotatable bonds is 1. The summed E-state index contributed by atoms with van der Waals surface area (Å²) in [4.78, 5) is 0. The monoisotopic (exact) mass is 172 g/mol. The van der Waals surface area contributed by atoms with Crippen LogP contribution in [0.4, 0.5) is 0 Å². The maximum atomic E-state index is 8.86. The summed E-state index contributed by atoms with van der Waals surface area (Å²) in [5.74, 6) is -0.0673. The summed E-state index contributed by atoms with van der Waals surface area (Å²) in [7, 11) is 0. The van der Waals surface area contributed by atoms with Crippen molar-refractivity contribution in [2.75, 3.05) is 19.8 Å². The van der Waals surface area contributed by atoms with E-state index < -0.39 is 0 Å². The van der Waals surface area contributed by atoms with Gasteiger partial charge in [0.2, 0.25) is 0 Å². The Morgan fingerprint density at radius 2 is 1.75 bits per heavy atom. The molecule has 70 valence electrons. The quantitative estimate of drug-likeness (QED) is 0.639. The minimum absolute atomic E-state index is 0.177. The Balaban J connectivity index is 1.88. The third-order valence-electron chi connectivity index (χ3n) is 2.79. The first-order valence-corrected chi connectivity index (χ1v) is 4.73. The second kappa shape index (κ2) is 3.32. The molecule has 1 heterocycles. The van der Waals surface area contributed by atoms with Crippen LogP contribution in [0.15, 0.2) is 0 Å². The molecule has 0 radical (unpaired) electrons. The average Bonchev–Trinajstić information content (AvgIpc) is 2.55. The minimum atomic E-state index is -0.258. The zero-order valence-electron chi connectivity index (χ0n) is 7.29. The highest BCUT2D eigenvalue weighted by molar-refractivity contribution is 4.81. The molecule has 0 unspecified atom stereocenters. The third kappa shape index (κ3) is 1.49. The van der Waals surface area contributed by atoms with Crippen molar-refractivity contribution in [1.82, 2.24) is 0 Å². The lowest BCUT2D eigenvalue weighted by atomic mass is 10.1. The van der Waals surface area contributed by atoms with Crippen LogP contribution in [0.3, 0.4) is 0 Å². The van der Waals surface area contributed by atoms with Gasteiger partial charge < -0.3 is 14.6 Å². The summed E-state index contributed by atoms with van der Waals surface area (Å²) in [6.45, 7) is 1.50. The molecule has 12 heavy (non-hydrogen) atoms. The van der Waals surface area contributed by atoms with Crippen molar-refractivity contribution in [3.05, 3.63) is 0 Å². The Morgan fingerprint density at radius 3 is 2.25 bits per heavy atom. The van der Waals surface area contributed by atoms with Crippen molar-refractivity contribution < 1.29 is 14.6 Å². The van der Waals surface area contributed by atoms with E-state index in [0.29, 0.717) is 13.2 Å². The summed E-state index contributed by atoms with van der Waals surface area (Å²) in [6.07, 6.45) is 4.49. The fourth-order valence-electron chi connectivity index (χ4n) is 1.94. The summed E-state index contributed by atoms with van der Waals surface area (Å²) < 4.78 is 11.3. The highest BCUT2D eigenvalue weighted by Crippen LogP contribution is 2.37. The van der Waals surface area contributed by atoms with Gasteiger partial charge in [-0.1, -0.05) is 0 Å². The first-order chi connectivity index (χ1) is 5.85. The minimum Gasteiger partial charge on any atom is -0.396 e. The molecule has 2 aliphatic rings. The van der Waals surface area contributed by atoms with Crippen molar-refractivity contribution in [1.29, 1.82) is 0 Å². The molecule has 3 heteroatoms. The van der Waals surface area contributed by atoms with Crippen LogP contribution < -0.4 is 0 Å². The number of aliphatic hydroxyl groups excluding tert-OH is 1. The predicted molar refractivity (Wildman–Crippen MR) is 43.7 cm³/mol. The van der Waals surface area contributed by atoms with Crippen LogP contribution in [-0.4, -0.2) is 30.7 Å². The highest BCUT2D eigenvalue weighted by atomic mass is 16.7. The second-order valence-electron chi connectivity index (χ2n) is 3.79. The van der Waals surface area contributed by atoms with Gasteiger partial charge in [-0.3, -0.25) is 0 Å². The Kier molecular flexibility index (Phi) is 2.35. The smallest absolute Gasteiger partial charge is 0.168 e. The van der Waals surface area contributed by atoms with Crippen molar-refractivity contribution in [2.24, 2.45) is 5.92 Å². The van der Waals surface area contributed by atoms with Crippen LogP contribution in [0.25, 0.3) is 0 Å². The summed E-state index contributed by atoms with van der Waals surface area (Å²) >= 11 is 0. The van der Waals surface area contributed by atoms with Crippen molar-refractivity contribution in [2.45, 2.75) is 31.5 Å². The molecule has 0 atom stereocenters. The van der Waals surface area contributed by atoms with E-state index in [1.165, 1.54) is 12.8 Å². The van der Waals surface area contributed by atoms with Gasteiger partial charge in [-0.2, -0.15) is 0 Å². The van der Waals surface area contributed by atoms with E-state index >= 15 is 0 Å². The largest absolute Gasteiger partial charge is 0.396 e. The van der Waals surface area contributed by atoms with E-state index in [1.807, 2.05) is 0 Å². The first kappa shape index (κ1) is 8.48. The van der Waals surface area contributed by atoms with Gasteiger partial charge in [-0.05, 0) is 12.8 Å².